The van der Waals surface area contributed by atoms with Gasteiger partial charge < -0.3 is 21.1 Å². The number of carbonyl (C=O) groups excluding carboxylic acids is 2. The fourth-order valence-corrected chi connectivity index (χ4v) is 3.74. The van der Waals surface area contributed by atoms with Crippen LogP contribution >= 0.6 is 0 Å². The van der Waals surface area contributed by atoms with Crippen molar-refractivity contribution in [2.24, 2.45) is 0 Å². The fourth-order valence-electron chi connectivity index (χ4n) is 3.74. The molecule has 1 aliphatic heterocycles. The van der Waals surface area contributed by atoms with Crippen LogP contribution < -0.4 is 16.0 Å². The Balaban J connectivity index is 0.000000374. The highest BCUT2D eigenvalue weighted by Crippen LogP contribution is 2.33. The van der Waals surface area contributed by atoms with Gasteiger partial charge in [-0.3, -0.25) is 14.6 Å². The molecule has 3 aromatic rings. The van der Waals surface area contributed by atoms with Crippen LogP contribution in [0.25, 0.3) is 11.3 Å². The lowest BCUT2D eigenvalue weighted by molar-refractivity contribution is -0.117. The van der Waals surface area contributed by atoms with Crippen molar-refractivity contribution in [3.05, 3.63) is 72.1 Å². The number of aliphatic hydroxyl groups excluding tert-OH is 1. The Morgan fingerprint density at radius 3 is 2.58 bits per heavy atom. The van der Waals surface area contributed by atoms with Crippen LogP contribution in [0.3, 0.4) is 0 Å². The largest absolute Gasteiger partial charge is 0.395 e. The minimum atomic E-state index is -0.255. The van der Waals surface area contributed by atoms with Crippen LogP contribution in [0.4, 0.5) is 11.5 Å². The van der Waals surface area contributed by atoms with Crippen molar-refractivity contribution < 1.29 is 14.7 Å². The zero-order valence-corrected chi connectivity index (χ0v) is 18.9. The van der Waals surface area contributed by atoms with Crippen molar-refractivity contribution >= 4 is 23.3 Å². The predicted octanol–water partition coefficient (Wildman–Crippen LogP) is 2.82. The lowest BCUT2D eigenvalue weighted by Gasteiger charge is -2.34. The fraction of sp³-hybridized carbons (Fsp3) is 0.280. The van der Waals surface area contributed by atoms with Gasteiger partial charge in [-0.25, -0.2) is 4.98 Å². The molecule has 1 atom stereocenters. The molecule has 1 aromatic carbocycles. The molecule has 1 aliphatic rings. The van der Waals surface area contributed by atoms with Crippen LogP contribution in [0.1, 0.15) is 36.2 Å². The summed E-state index contributed by atoms with van der Waals surface area (Å²) in [5.41, 5.74) is 9.55. The quantitative estimate of drug-likeness (QED) is 0.565. The van der Waals surface area contributed by atoms with E-state index in [9.17, 15) is 9.59 Å². The molecule has 4 N–H and O–H groups in total. The summed E-state index contributed by atoms with van der Waals surface area (Å²) < 4.78 is 0. The summed E-state index contributed by atoms with van der Waals surface area (Å²) in [5.74, 6) is 0.375. The first-order chi connectivity index (χ1) is 15.9. The molecule has 33 heavy (non-hydrogen) atoms. The molecule has 2 amide bonds. The third-order valence-corrected chi connectivity index (χ3v) is 5.36. The van der Waals surface area contributed by atoms with Gasteiger partial charge >= 0.3 is 0 Å². The molecular weight excluding hydrogens is 418 g/mol. The molecule has 0 saturated carbocycles. The molecule has 8 heteroatoms. The van der Waals surface area contributed by atoms with Crippen molar-refractivity contribution in [3.63, 3.8) is 0 Å². The molecule has 4 rings (SSSR count). The molecule has 0 bridgehead atoms. The number of aliphatic hydroxyl groups is 1. The number of aromatic nitrogens is 2. The maximum absolute atomic E-state index is 12.0. The zero-order chi connectivity index (χ0) is 23.8. The van der Waals surface area contributed by atoms with E-state index in [0.29, 0.717) is 11.4 Å². The maximum atomic E-state index is 12.0. The number of pyridine rings is 2. The van der Waals surface area contributed by atoms with Gasteiger partial charge in [-0.1, -0.05) is 12.1 Å². The third kappa shape index (κ3) is 6.14. The molecule has 0 unspecified atom stereocenters. The van der Waals surface area contributed by atoms with Gasteiger partial charge in [0.2, 0.25) is 5.91 Å². The molecule has 0 saturated heterocycles. The Hall–Kier alpha value is -3.78. The van der Waals surface area contributed by atoms with E-state index in [0.717, 1.165) is 35.3 Å². The van der Waals surface area contributed by atoms with E-state index in [-0.39, 0.29) is 31.0 Å². The van der Waals surface area contributed by atoms with Crippen molar-refractivity contribution in [2.75, 3.05) is 23.8 Å². The van der Waals surface area contributed by atoms with Gasteiger partial charge in [-0.15, -0.1) is 0 Å². The Morgan fingerprint density at radius 2 is 2.00 bits per heavy atom. The lowest BCUT2D eigenvalue weighted by Crippen LogP contribution is -2.40. The first kappa shape index (κ1) is 23.9. The summed E-state index contributed by atoms with van der Waals surface area (Å²) in [6.07, 6.45) is 5.06. The normalized spacial score (nSPS) is 14.5. The molecule has 3 heterocycles. The van der Waals surface area contributed by atoms with Crippen molar-refractivity contribution in [1.29, 1.82) is 0 Å². The number of anilines is 2. The second kappa shape index (κ2) is 11.2. The smallest absolute Gasteiger partial charge is 0.252 e. The summed E-state index contributed by atoms with van der Waals surface area (Å²) in [5, 5.41) is 11.4. The first-order valence-corrected chi connectivity index (χ1v) is 10.9. The Bertz CT molecular complexity index is 1090. The average Bonchev–Trinajstić information content (AvgIpc) is 2.83. The van der Waals surface area contributed by atoms with E-state index < -0.39 is 0 Å². The number of hydrogen-bond donors (Lipinski definition) is 3. The number of nitrogen functional groups attached to an aromatic ring is 1. The highest BCUT2D eigenvalue weighted by Gasteiger charge is 2.26. The molecule has 0 aliphatic carbocycles. The third-order valence-electron chi connectivity index (χ3n) is 5.36. The number of amides is 2. The Morgan fingerprint density at radius 1 is 1.18 bits per heavy atom. The number of fused-ring (bicyclic) bond motifs is 1. The first-order valence-electron chi connectivity index (χ1n) is 10.9. The summed E-state index contributed by atoms with van der Waals surface area (Å²) in [4.78, 5) is 33.8. The number of aryl methyl sites for hydroxylation is 1. The molecule has 8 nitrogen and oxygen atoms in total. The van der Waals surface area contributed by atoms with E-state index in [1.165, 1.54) is 6.20 Å². The SMILES string of the molecule is CC(=O)N1c2ccc(-c3ccc(C(=O)NCCO)cn3)cc2CC[C@@H]1C.Nc1ccccn1. The van der Waals surface area contributed by atoms with E-state index >= 15 is 0 Å². The second-order valence-electron chi connectivity index (χ2n) is 7.79. The van der Waals surface area contributed by atoms with Crippen LogP contribution in [0.5, 0.6) is 0 Å². The standard InChI is InChI=1S/C20H23N3O3.C5H6N2/c1-13-3-4-16-11-15(6-8-19(16)23(13)14(2)25)18-7-5-17(12-22-18)20(26)21-9-10-24;6-5-3-1-2-4-7-5/h5-8,11-13,24H,3-4,9-10H2,1-2H3,(H,21,26);1-4H,(H2,6,7)/t13-;/m0./s1. The van der Waals surface area contributed by atoms with E-state index in [2.05, 4.69) is 28.3 Å². The molecule has 2 aromatic heterocycles. The summed E-state index contributed by atoms with van der Waals surface area (Å²) in [7, 11) is 0. The maximum Gasteiger partial charge on any atom is 0.252 e. The molecule has 172 valence electrons. The van der Waals surface area contributed by atoms with Gasteiger partial charge in [0.05, 0.1) is 17.9 Å². The van der Waals surface area contributed by atoms with Crippen LogP contribution in [0.15, 0.2) is 60.9 Å². The van der Waals surface area contributed by atoms with Crippen molar-refractivity contribution in [1.82, 2.24) is 15.3 Å². The topological polar surface area (TPSA) is 121 Å². The monoisotopic (exact) mass is 447 g/mol. The van der Waals surface area contributed by atoms with Crippen molar-refractivity contribution in [3.8, 4) is 11.3 Å². The minimum absolute atomic E-state index is 0.0579. The summed E-state index contributed by atoms with van der Waals surface area (Å²) in [6.45, 7) is 3.79. The predicted molar refractivity (Wildman–Crippen MR) is 129 cm³/mol. The van der Waals surface area contributed by atoms with E-state index in [1.54, 1.807) is 25.3 Å². The number of benzene rings is 1. The summed E-state index contributed by atoms with van der Waals surface area (Å²) in [6, 6.07) is 15.2. The Kier molecular flexibility index (Phi) is 8.10. The highest BCUT2D eigenvalue weighted by molar-refractivity contribution is 5.95. The molecule has 0 fully saturated rings. The lowest BCUT2D eigenvalue weighted by atomic mass is 9.94. The van der Waals surface area contributed by atoms with Crippen molar-refractivity contribution in [2.45, 2.75) is 32.7 Å². The van der Waals surface area contributed by atoms with Gasteiger partial charge in [0.15, 0.2) is 0 Å². The number of rotatable bonds is 4. The number of nitrogens with zero attached hydrogens (tertiary/aromatic N) is 3. The highest BCUT2D eigenvalue weighted by atomic mass is 16.3. The van der Waals surface area contributed by atoms with Crippen LogP contribution in [0.2, 0.25) is 0 Å². The van der Waals surface area contributed by atoms with Gasteiger partial charge in [0.25, 0.3) is 5.91 Å². The minimum Gasteiger partial charge on any atom is -0.395 e. The van der Waals surface area contributed by atoms with Gasteiger partial charge in [-0.05, 0) is 61.7 Å². The van der Waals surface area contributed by atoms with E-state index in [1.807, 2.05) is 35.2 Å². The van der Waals surface area contributed by atoms with Crippen LogP contribution in [-0.2, 0) is 11.2 Å². The Labute approximate surface area is 193 Å². The van der Waals surface area contributed by atoms with Gasteiger partial charge in [-0.2, -0.15) is 0 Å². The average molecular weight is 448 g/mol. The number of hydrogen-bond acceptors (Lipinski definition) is 6. The van der Waals surface area contributed by atoms with Gasteiger partial charge in [0, 0.05) is 43.2 Å². The molecule has 0 spiro atoms. The number of nitrogens with one attached hydrogen (secondary N) is 1. The van der Waals surface area contributed by atoms with Gasteiger partial charge in [0.1, 0.15) is 5.82 Å². The zero-order valence-electron chi connectivity index (χ0n) is 18.9. The second-order valence-corrected chi connectivity index (χ2v) is 7.79. The number of nitrogens with two attached hydrogens (primary N) is 1. The number of carbonyl (C=O) groups is 2. The summed E-state index contributed by atoms with van der Waals surface area (Å²) >= 11 is 0. The van der Waals surface area contributed by atoms with Crippen LogP contribution in [0, 0.1) is 0 Å². The van der Waals surface area contributed by atoms with E-state index in [4.69, 9.17) is 10.8 Å². The molecule has 0 radical (unpaired) electrons. The van der Waals surface area contributed by atoms with Crippen LogP contribution in [-0.4, -0.2) is 46.1 Å². The molecular formula is C25H29N5O3.